The van der Waals surface area contributed by atoms with Crippen molar-refractivity contribution in [3.8, 4) is 5.75 Å². The lowest BCUT2D eigenvalue weighted by Crippen LogP contribution is -2.55. The van der Waals surface area contributed by atoms with E-state index in [0.29, 0.717) is 10.9 Å². The number of aromatic amines is 1. The maximum atomic E-state index is 14.2. The molecule has 0 aliphatic heterocycles. The van der Waals surface area contributed by atoms with Crippen LogP contribution in [0.25, 0.3) is 10.9 Å². The Morgan fingerprint density at radius 1 is 1.26 bits per heavy atom. The van der Waals surface area contributed by atoms with Crippen LogP contribution in [-0.4, -0.2) is 27.0 Å². The highest BCUT2D eigenvalue weighted by atomic mass is 35.5. The third-order valence-corrected chi connectivity index (χ3v) is 6.00. The first-order chi connectivity index (χ1) is 14.4. The first-order valence-corrected chi connectivity index (χ1v) is 9.70. The van der Waals surface area contributed by atoms with Crippen molar-refractivity contribution in [1.82, 2.24) is 4.98 Å². The van der Waals surface area contributed by atoms with E-state index in [9.17, 15) is 32.6 Å². The molecule has 1 aliphatic rings. The molecule has 1 heterocycles. The number of phenols is 1. The van der Waals surface area contributed by atoms with Crippen molar-refractivity contribution >= 4 is 28.2 Å². The van der Waals surface area contributed by atoms with Crippen molar-refractivity contribution in [3.05, 3.63) is 68.7 Å². The fourth-order valence-corrected chi connectivity index (χ4v) is 4.50. The molecular weight excluding hydrogens is 440 g/mol. The summed E-state index contributed by atoms with van der Waals surface area (Å²) in [5.41, 5.74) is -3.28. The number of hydrogen-bond acceptors (Lipinski definition) is 4. The lowest BCUT2D eigenvalue weighted by molar-refractivity contribution is -0.272. The van der Waals surface area contributed by atoms with Gasteiger partial charge in [0.05, 0.1) is 16.6 Å². The average molecular weight is 457 g/mol. The van der Waals surface area contributed by atoms with Crippen molar-refractivity contribution in [1.29, 1.82) is 0 Å². The maximum Gasteiger partial charge on any atom is 0.419 e. The summed E-state index contributed by atoms with van der Waals surface area (Å²) >= 11 is 5.82. The van der Waals surface area contributed by atoms with Gasteiger partial charge in [0, 0.05) is 22.7 Å². The average Bonchev–Trinajstić information content (AvgIpc) is 2.67. The van der Waals surface area contributed by atoms with E-state index >= 15 is 0 Å². The summed E-state index contributed by atoms with van der Waals surface area (Å²) in [5.74, 6) is -2.98. The summed E-state index contributed by atoms with van der Waals surface area (Å²) in [6.45, 7) is 1.36. The fraction of sp³-hybridized carbons (Fsp3) is 0.286. The molecule has 3 aromatic rings. The molecule has 0 spiro atoms. The minimum Gasteiger partial charge on any atom is -0.505 e. The van der Waals surface area contributed by atoms with E-state index in [1.165, 1.54) is 31.2 Å². The van der Waals surface area contributed by atoms with Crippen LogP contribution in [0.3, 0.4) is 0 Å². The Morgan fingerprint density at radius 2 is 1.97 bits per heavy atom. The summed E-state index contributed by atoms with van der Waals surface area (Å²) < 4.78 is 56.5. The number of fused-ring (bicyclic) bond motifs is 2. The Labute approximate surface area is 178 Å². The van der Waals surface area contributed by atoms with Crippen molar-refractivity contribution in [3.63, 3.8) is 0 Å². The minimum absolute atomic E-state index is 0.0537. The molecular formula is C21H17ClF4N2O3. The van der Waals surface area contributed by atoms with E-state index in [4.69, 9.17) is 11.6 Å². The zero-order valence-electron chi connectivity index (χ0n) is 16.0. The molecule has 31 heavy (non-hydrogen) atoms. The first-order valence-electron chi connectivity index (χ1n) is 9.32. The summed E-state index contributed by atoms with van der Waals surface area (Å²) in [7, 11) is 0. The van der Waals surface area contributed by atoms with Crippen molar-refractivity contribution in [2.45, 2.75) is 37.1 Å². The highest BCUT2D eigenvalue weighted by Crippen LogP contribution is 2.55. The van der Waals surface area contributed by atoms with Gasteiger partial charge in [0.25, 0.3) is 0 Å². The van der Waals surface area contributed by atoms with Gasteiger partial charge in [0.15, 0.2) is 17.2 Å². The number of hydrogen-bond donors (Lipinski definition) is 4. The Balaban J connectivity index is 1.96. The molecule has 0 saturated carbocycles. The van der Waals surface area contributed by atoms with Crippen LogP contribution in [0.2, 0.25) is 5.02 Å². The SMILES string of the molecule is C[C@@H]1C[C@](O)(C(F)(F)F)C(Nc2cccc3[nH]c(=O)ccc23)c2cc(Cl)c(F)c(O)c21. The molecule has 0 radical (unpaired) electrons. The highest BCUT2D eigenvalue weighted by molar-refractivity contribution is 6.31. The van der Waals surface area contributed by atoms with Crippen LogP contribution in [0, 0.1) is 5.82 Å². The van der Waals surface area contributed by atoms with Crippen LogP contribution in [0.4, 0.5) is 23.2 Å². The second kappa shape index (κ2) is 7.13. The second-order valence-electron chi connectivity index (χ2n) is 7.72. The summed E-state index contributed by atoms with van der Waals surface area (Å²) in [4.78, 5) is 14.2. The van der Waals surface area contributed by atoms with Crippen LogP contribution < -0.4 is 10.9 Å². The third-order valence-electron chi connectivity index (χ3n) is 5.72. The van der Waals surface area contributed by atoms with Crippen LogP contribution in [0.5, 0.6) is 5.75 Å². The van der Waals surface area contributed by atoms with E-state index in [-0.39, 0.29) is 22.4 Å². The number of nitrogens with one attached hydrogen (secondary N) is 2. The number of anilines is 1. The number of alkyl halides is 3. The third kappa shape index (κ3) is 3.32. The number of aromatic nitrogens is 1. The van der Waals surface area contributed by atoms with Crippen LogP contribution in [-0.2, 0) is 0 Å². The predicted octanol–water partition coefficient (Wildman–Crippen LogP) is 4.98. The Kier molecular flexibility index (Phi) is 4.94. The molecule has 4 rings (SSSR count). The predicted molar refractivity (Wildman–Crippen MR) is 108 cm³/mol. The Bertz CT molecular complexity index is 1240. The zero-order chi connectivity index (χ0) is 22.7. The number of aliphatic hydroxyl groups is 1. The standard InChI is InChI=1S/C21H17ClF4N2O3/c1-9-8-20(31,21(24,25)26)19(11-7-12(22)17(23)18(30)16(9)11)28-14-4-2-3-13-10(14)5-6-15(29)27-13/h2-7,9,19,28,30-31H,8H2,1H3,(H,27,29)/t9-,19?,20-/m1/s1. The van der Waals surface area contributed by atoms with E-state index < -0.39 is 46.7 Å². The van der Waals surface area contributed by atoms with Gasteiger partial charge in [0.2, 0.25) is 5.56 Å². The van der Waals surface area contributed by atoms with E-state index in [2.05, 4.69) is 10.3 Å². The molecule has 2 aromatic carbocycles. The van der Waals surface area contributed by atoms with Gasteiger partial charge in [-0.3, -0.25) is 4.79 Å². The molecule has 4 N–H and O–H groups in total. The first kappa shape index (κ1) is 21.5. The number of rotatable bonds is 2. The molecule has 3 atom stereocenters. The number of halogens is 5. The minimum atomic E-state index is -5.05. The van der Waals surface area contributed by atoms with Gasteiger partial charge >= 0.3 is 6.18 Å². The van der Waals surface area contributed by atoms with Gasteiger partial charge in [-0.15, -0.1) is 0 Å². The van der Waals surface area contributed by atoms with Gasteiger partial charge in [-0.1, -0.05) is 24.6 Å². The largest absolute Gasteiger partial charge is 0.505 e. The van der Waals surface area contributed by atoms with Gasteiger partial charge in [-0.25, -0.2) is 4.39 Å². The lowest BCUT2D eigenvalue weighted by atomic mass is 9.70. The zero-order valence-corrected chi connectivity index (χ0v) is 16.8. The molecule has 1 unspecified atom stereocenters. The highest BCUT2D eigenvalue weighted by Gasteiger charge is 2.62. The van der Waals surface area contributed by atoms with Crippen LogP contribution >= 0.6 is 11.6 Å². The lowest BCUT2D eigenvalue weighted by Gasteiger charge is -2.45. The Hall–Kier alpha value is -2.78. The summed E-state index contributed by atoms with van der Waals surface area (Å²) in [6, 6.07) is 6.42. The van der Waals surface area contributed by atoms with Gasteiger partial charge < -0.3 is 20.5 Å². The van der Waals surface area contributed by atoms with Crippen LogP contribution in [0.15, 0.2) is 41.2 Å². The van der Waals surface area contributed by atoms with E-state index in [0.717, 1.165) is 6.07 Å². The van der Waals surface area contributed by atoms with Crippen molar-refractivity contribution in [2.24, 2.45) is 0 Å². The van der Waals surface area contributed by atoms with Gasteiger partial charge in [-0.05, 0) is 42.2 Å². The topological polar surface area (TPSA) is 85.4 Å². The smallest absolute Gasteiger partial charge is 0.419 e. The number of pyridine rings is 1. The summed E-state index contributed by atoms with van der Waals surface area (Å²) in [6.07, 6.45) is -5.86. The number of benzene rings is 2. The molecule has 0 fully saturated rings. The van der Waals surface area contributed by atoms with Gasteiger partial charge in [-0.2, -0.15) is 13.2 Å². The Morgan fingerprint density at radius 3 is 2.65 bits per heavy atom. The number of phenolic OH excluding ortho intramolecular Hbond substituents is 1. The van der Waals surface area contributed by atoms with E-state index in [1.54, 1.807) is 6.07 Å². The molecule has 164 valence electrons. The van der Waals surface area contributed by atoms with Gasteiger partial charge in [0.1, 0.15) is 0 Å². The molecule has 0 bridgehead atoms. The molecule has 0 amide bonds. The molecule has 5 nitrogen and oxygen atoms in total. The summed E-state index contributed by atoms with van der Waals surface area (Å²) in [5, 5.41) is 23.7. The monoisotopic (exact) mass is 456 g/mol. The number of H-pyrrole nitrogens is 1. The van der Waals surface area contributed by atoms with E-state index in [1.807, 2.05) is 0 Å². The van der Waals surface area contributed by atoms with Crippen LogP contribution in [0.1, 0.15) is 36.4 Å². The maximum absolute atomic E-state index is 14.2. The van der Waals surface area contributed by atoms with Crippen molar-refractivity contribution in [2.75, 3.05) is 5.32 Å². The molecule has 1 aliphatic carbocycles. The normalized spacial score (nSPS) is 23.6. The van der Waals surface area contributed by atoms with Crippen molar-refractivity contribution < 1.29 is 27.8 Å². The number of aromatic hydroxyl groups is 1. The molecule has 10 heteroatoms. The second-order valence-corrected chi connectivity index (χ2v) is 8.13. The molecule has 0 saturated heterocycles. The fourth-order valence-electron chi connectivity index (χ4n) is 4.29. The molecule has 1 aromatic heterocycles. The quantitative estimate of drug-likeness (QED) is 0.410.